The lowest BCUT2D eigenvalue weighted by Crippen LogP contribution is -2.41. The number of benzene rings is 1. The smallest absolute Gasteiger partial charge is 0.129 e. The second-order valence-corrected chi connectivity index (χ2v) is 4.27. The van der Waals surface area contributed by atoms with Crippen LogP contribution >= 0.6 is 11.6 Å². The third-order valence-electron chi connectivity index (χ3n) is 2.81. The summed E-state index contributed by atoms with van der Waals surface area (Å²) in [5.74, 6) is -0.0278. The van der Waals surface area contributed by atoms with Crippen molar-refractivity contribution in [3.8, 4) is 0 Å². The van der Waals surface area contributed by atoms with Crippen molar-refractivity contribution in [1.29, 1.82) is 0 Å². The van der Waals surface area contributed by atoms with Crippen molar-refractivity contribution >= 4 is 17.3 Å². The van der Waals surface area contributed by atoms with E-state index in [4.69, 9.17) is 16.3 Å². The van der Waals surface area contributed by atoms with Gasteiger partial charge < -0.3 is 9.64 Å². The predicted molar refractivity (Wildman–Crippen MR) is 63.6 cm³/mol. The molecule has 0 radical (unpaired) electrons. The van der Waals surface area contributed by atoms with E-state index < -0.39 is 0 Å². The van der Waals surface area contributed by atoms with Gasteiger partial charge in [0.2, 0.25) is 0 Å². The van der Waals surface area contributed by atoms with Gasteiger partial charge in [0, 0.05) is 24.3 Å². The van der Waals surface area contributed by atoms with Crippen molar-refractivity contribution in [3.05, 3.63) is 29.6 Å². The van der Waals surface area contributed by atoms with E-state index in [1.54, 1.807) is 6.07 Å². The predicted octanol–water partition coefficient (Wildman–Crippen LogP) is 2.79. The van der Waals surface area contributed by atoms with Gasteiger partial charge >= 0.3 is 0 Å². The molecule has 16 heavy (non-hydrogen) atoms. The number of alkyl halides is 1. The summed E-state index contributed by atoms with van der Waals surface area (Å²) in [6.07, 6.45) is 0.181. The Hall–Kier alpha value is -0.800. The molecule has 0 saturated carbocycles. The molecule has 1 fully saturated rings. The van der Waals surface area contributed by atoms with E-state index in [2.05, 4.69) is 4.90 Å². The fraction of sp³-hybridized carbons (Fsp3) is 0.500. The molecule has 88 valence electrons. The highest BCUT2D eigenvalue weighted by Crippen LogP contribution is 2.26. The molecule has 0 amide bonds. The first-order chi connectivity index (χ1) is 7.72. The Morgan fingerprint density at radius 2 is 2.38 bits per heavy atom. The molecule has 1 saturated heterocycles. The Balaban J connectivity index is 2.28. The minimum atomic E-state index is -0.230. The number of hydrogen-bond acceptors (Lipinski definition) is 2. The number of anilines is 1. The number of rotatable bonds is 2. The monoisotopic (exact) mass is 243 g/mol. The van der Waals surface area contributed by atoms with E-state index in [-0.39, 0.29) is 17.8 Å². The molecule has 1 unspecified atom stereocenters. The maximum Gasteiger partial charge on any atom is 0.129 e. The zero-order valence-electron chi connectivity index (χ0n) is 9.25. The molecule has 0 spiro atoms. The number of morpholine rings is 1. The molecule has 1 aliphatic heterocycles. The normalized spacial score (nSPS) is 21.2. The van der Waals surface area contributed by atoms with Crippen molar-refractivity contribution in [1.82, 2.24) is 0 Å². The Labute approximate surface area is 100.0 Å². The van der Waals surface area contributed by atoms with Crippen molar-refractivity contribution < 1.29 is 9.13 Å². The highest BCUT2D eigenvalue weighted by atomic mass is 35.5. The molecule has 1 heterocycles. The number of nitrogens with zero attached hydrogens (tertiary/aromatic N) is 1. The molecule has 0 bridgehead atoms. The third kappa shape index (κ3) is 2.30. The van der Waals surface area contributed by atoms with Gasteiger partial charge in [-0.05, 0) is 19.1 Å². The van der Waals surface area contributed by atoms with E-state index in [1.807, 2.05) is 13.0 Å². The van der Waals surface area contributed by atoms with Crippen LogP contribution in [0.3, 0.4) is 0 Å². The topological polar surface area (TPSA) is 12.5 Å². The van der Waals surface area contributed by atoms with Gasteiger partial charge in [0.25, 0.3) is 0 Å². The minimum Gasteiger partial charge on any atom is -0.375 e. The fourth-order valence-corrected chi connectivity index (χ4v) is 2.28. The van der Waals surface area contributed by atoms with E-state index >= 15 is 0 Å². The molecule has 1 aromatic rings. The van der Waals surface area contributed by atoms with Crippen molar-refractivity contribution in [2.75, 3.05) is 24.6 Å². The van der Waals surface area contributed by atoms with Crippen LogP contribution in [0.25, 0.3) is 0 Å². The summed E-state index contributed by atoms with van der Waals surface area (Å²) in [7, 11) is 0. The zero-order chi connectivity index (χ0) is 11.5. The van der Waals surface area contributed by atoms with Crippen molar-refractivity contribution in [2.24, 2.45) is 0 Å². The van der Waals surface area contributed by atoms with Gasteiger partial charge in [0.15, 0.2) is 0 Å². The molecular formula is C12H15ClFNO. The molecule has 2 nitrogen and oxygen atoms in total. The van der Waals surface area contributed by atoms with Crippen LogP contribution in [0.5, 0.6) is 0 Å². The lowest BCUT2D eigenvalue weighted by molar-refractivity contribution is 0.0531. The Morgan fingerprint density at radius 1 is 1.56 bits per heavy atom. The maximum atomic E-state index is 13.6. The summed E-state index contributed by atoms with van der Waals surface area (Å²) >= 11 is 5.80. The van der Waals surface area contributed by atoms with Gasteiger partial charge in [0.05, 0.1) is 18.6 Å². The van der Waals surface area contributed by atoms with E-state index in [0.29, 0.717) is 12.2 Å². The van der Waals surface area contributed by atoms with Crippen LogP contribution in [0.1, 0.15) is 12.5 Å². The Kier molecular flexibility index (Phi) is 3.66. The van der Waals surface area contributed by atoms with E-state index in [0.717, 1.165) is 18.8 Å². The van der Waals surface area contributed by atoms with Crippen LogP contribution in [-0.2, 0) is 10.6 Å². The molecule has 0 N–H and O–H groups in total. The Morgan fingerprint density at radius 3 is 3.06 bits per heavy atom. The first-order valence-electron chi connectivity index (χ1n) is 5.42. The molecule has 2 rings (SSSR count). The first-order valence-corrected chi connectivity index (χ1v) is 5.95. The highest BCUT2D eigenvalue weighted by molar-refractivity contribution is 6.17. The van der Waals surface area contributed by atoms with Gasteiger partial charge in [-0.25, -0.2) is 4.39 Å². The second-order valence-electron chi connectivity index (χ2n) is 4.00. The Bertz CT molecular complexity index is 372. The van der Waals surface area contributed by atoms with Crippen LogP contribution in [0, 0.1) is 5.82 Å². The summed E-state index contributed by atoms with van der Waals surface area (Å²) < 4.78 is 19.0. The average molecular weight is 244 g/mol. The van der Waals surface area contributed by atoms with Gasteiger partial charge in [-0.15, -0.1) is 11.6 Å². The molecule has 1 atom stereocenters. The van der Waals surface area contributed by atoms with Crippen LogP contribution < -0.4 is 4.90 Å². The lowest BCUT2D eigenvalue weighted by Gasteiger charge is -2.34. The number of ether oxygens (including phenoxy) is 1. The summed E-state index contributed by atoms with van der Waals surface area (Å²) in [5.41, 5.74) is 1.48. The van der Waals surface area contributed by atoms with E-state index in [9.17, 15) is 4.39 Å². The number of hydrogen-bond donors (Lipinski definition) is 0. The lowest BCUT2D eigenvalue weighted by atomic mass is 10.1. The van der Waals surface area contributed by atoms with Crippen LogP contribution in [0.2, 0.25) is 0 Å². The molecule has 1 aliphatic rings. The molecule has 4 heteroatoms. The molecule has 0 aliphatic carbocycles. The highest BCUT2D eigenvalue weighted by Gasteiger charge is 2.20. The standard InChI is InChI=1S/C12H15ClFNO/c1-9-8-15(5-6-16-9)12-4-2-3-11(14)10(12)7-13/h2-4,9H,5-8H2,1H3. The van der Waals surface area contributed by atoms with Crippen LogP contribution in [-0.4, -0.2) is 25.8 Å². The van der Waals surface area contributed by atoms with Gasteiger partial charge in [-0.2, -0.15) is 0 Å². The zero-order valence-corrected chi connectivity index (χ0v) is 10.0. The van der Waals surface area contributed by atoms with Gasteiger partial charge in [0.1, 0.15) is 5.82 Å². The average Bonchev–Trinajstić information content (AvgIpc) is 2.28. The molecule has 0 aromatic heterocycles. The minimum absolute atomic E-state index is 0.181. The van der Waals surface area contributed by atoms with Crippen molar-refractivity contribution in [2.45, 2.75) is 18.9 Å². The number of halogens is 2. The van der Waals surface area contributed by atoms with Gasteiger partial charge in [-0.3, -0.25) is 0 Å². The van der Waals surface area contributed by atoms with Crippen LogP contribution in [0.4, 0.5) is 10.1 Å². The van der Waals surface area contributed by atoms with E-state index in [1.165, 1.54) is 6.07 Å². The third-order valence-corrected chi connectivity index (χ3v) is 3.08. The summed E-state index contributed by atoms with van der Waals surface area (Å²) in [6, 6.07) is 5.09. The van der Waals surface area contributed by atoms with Gasteiger partial charge in [-0.1, -0.05) is 6.07 Å². The summed E-state index contributed by atoms with van der Waals surface area (Å²) in [5, 5.41) is 0. The largest absolute Gasteiger partial charge is 0.375 e. The molecule has 1 aromatic carbocycles. The maximum absolute atomic E-state index is 13.6. The molecular weight excluding hydrogens is 229 g/mol. The van der Waals surface area contributed by atoms with Crippen LogP contribution in [0.15, 0.2) is 18.2 Å². The summed E-state index contributed by atoms with van der Waals surface area (Å²) in [6.45, 7) is 4.27. The quantitative estimate of drug-likeness (QED) is 0.741. The SMILES string of the molecule is CC1CN(c2cccc(F)c2CCl)CCO1. The fourth-order valence-electron chi connectivity index (χ4n) is 2.01. The first kappa shape index (κ1) is 11.7. The summed E-state index contributed by atoms with van der Waals surface area (Å²) in [4.78, 5) is 2.13. The second kappa shape index (κ2) is 5.02. The van der Waals surface area contributed by atoms with Crippen molar-refractivity contribution in [3.63, 3.8) is 0 Å².